The number of benzene rings is 1. The van der Waals surface area contributed by atoms with Crippen molar-refractivity contribution in [2.24, 2.45) is 0 Å². The van der Waals surface area contributed by atoms with E-state index in [4.69, 9.17) is 5.11 Å². The van der Waals surface area contributed by atoms with E-state index in [1.54, 1.807) is 0 Å². The van der Waals surface area contributed by atoms with Crippen LogP contribution < -0.4 is 14.8 Å². The Morgan fingerprint density at radius 2 is 1.62 bits per heavy atom. The third-order valence-electron chi connectivity index (χ3n) is 2.71. The summed E-state index contributed by atoms with van der Waals surface area (Å²) in [7, 11) is 0. The Hall–Kier alpha value is -2.66. The highest BCUT2D eigenvalue weighted by atomic mass is 19.4. The molecule has 1 aromatic rings. The maximum absolute atomic E-state index is 12.3. The van der Waals surface area contributed by atoms with Crippen molar-refractivity contribution >= 4 is 11.9 Å². The average molecular weight is 389 g/mol. The van der Waals surface area contributed by atoms with E-state index in [9.17, 15) is 35.9 Å². The molecule has 0 saturated heterocycles. The first-order valence-electron chi connectivity index (χ1n) is 6.85. The minimum absolute atomic E-state index is 0.463. The van der Waals surface area contributed by atoms with E-state index in [1.165, 1.54) is 0 Å². The number of carboxylic acids is 1. The Bertz CT molecular complexity index is 658. The van der Waals surface area contributed by atoms with Crippen LogP contribution in [0.15, 0.2) is 18.2 Å². The topological polar surface area (TPSA) is 84.9 Å². The van der Waals surface area contributed by atoms with Crippen molar-refractivity contribution in [1.82, 2.24) is 5.32 Å². The molecule has 1 amide bonds. The number of hydrogen-bond donors (Lipinski definition) is 2. The summed E-state index contributed by atoms with van der Waals surface area (Å²) >= 11 is 0. The van der Waals surface area contributed by atoms with E-state index >= 15 is 0 Å². The molecule has 0 radical (unpaired) electrons. The number of amides is 1. The summed E-state index contributed by atoms with van der Waals surface area (Å²) in [5.41, 5.74) is -0.609. The van der Waals surface area contributed by atoms with Gasteiger partial charge in [-0.05, 0) is 25.1 Å². The van der Waals surface area contributed by atoms with E-state index < -0.39 is 60.5 Å². The number of carbonyl (C=O) groups excluding carboxylic acids is 1. The maximum atomic E-state index is 12.3. The monoisotopic (exact) mass is 389 g/mol. The number of ether oxygens (including phenoxy) is 2. The van der Waals surface area contributed by atoms with E-state index in [0.717, 1.165) is 25.1 Å². The summed E-state index contributed by atoms with van der Waals surface area (Å²) in [4.78, 5) is 22.8. The first-order valence-corrected chi connectivity index (χ1v) is 6.85. The van der Waals surface area contributed by atoms with Gasteiger partial charge in [0.25, 0.3) is 5.91 Å². The standard InChI is InChI=1S/C14H13F6NO5/c1-7(12(23)24)21-11(22)9-4-8(25-5-13(15,16)17)2-3-10(9)26-6-14(18,19)20/h2-4,7H,5-6H2,1H3,(H,21,22)(H,23,24). The van der Waals surface area contributed by atoms with Crippen LogP contribution in [0.4, 0.5) is 26.3 Å². The highest BCUT2D eigenvalue weighted by molar-refractivity contribution is 5.99. The molecule has 2 N–H and O–H groups in total. The number of alkyl halides is 6. The van der Waals surface area contributed by atoms with Gasteiger partial charge in [-0.15, -0.1) is 0 Å². The Morgan fingerprint density at radius 1 is 1.08 bits per heavy atom. The van der Waals surface area contributed by atoms with Crippen molar-refractivity contribution in [1.29, 1.82) is 0 Å². The molecule has 146 valence electrons. The molecule has 6 nitrogen and oxygen atoms in total. The average Bonchev–Trinajstić information content (AvgIpc) is 2.49. The molecule has 0 aliphatic carbocycles. The van der Waals surface area contributed by atoms with Crippen molar-refractivity contribution < 1.29 is 50.5 Å². The van der Waals surface area contributed by atoms with Gasteiger partial charge in [0.2, 0.25) is 0 Å². The van der Waals surface area contributed by atoms with Crippen LogP contribution in [0.1, 0.15) is 17.3 Å². The minimum atomic E-state index is -4.73. The van der Waals surface area contributed by atoms with Crippen LogP contribution in [0.3, 0.4) is 0 Å². The molecule has 1 atom stereocenters. The van der Waals surface area contributed by atoms with E-state index in [2.05, 4.69) is 9.47 Å². The number of aliphatic carboxylic acids is 1. The van der Waals surface area contributed by atoms with Crippen molar-refractivity contribution in [3.63, 3.8) is 0 Å². The molecule has 0 aliphatic rings. The smallest absolute Gasteiger partial charge is 0.422 e. The van der Waals surface area contributed by atoms with Crippen molar-refractivity contribution in [3.8, 4) is 11.5 Å². The Balaban J connectivity index is 3.08. The third-order valence-corrected chi connectivity index (χ3v) is 2.71. The van der Waals surface area contributed by atoms with Gasteiger partial charge in [0.05, 0.1) is 5.56 Å². The summed E-state index contributed by atoms with van der Waals surface area (Å²) < 4.78 is 82.2. The van der Waals surface area contributed by atoms with Crippen molar-refractivity contribution in [2.45, 2.75) is 25.3 Å². The summed E-state index contributed by atoms with van der Waals surface area (Å²) in [5, 5.41) is 10.7. The molecule has 0 aliphatic heterocycles. The predicted octanol–water partition coefficient (Wildman–Crippen LogP) is 2.77. The van der Waals surface area contributed by atoms with E-state index in [1.807, 2.05) is 5.32 Å². The molecule has 26 heavy (non-hydrogen) atoms. The molecular formula is C14H13F6NO5. The summed E-state index contributed by atoms with van der Waals surface area (Å²) in [6, 6.07) is 1.02. The zero-order chi connectivity index (χ0) is 20.1. The van der Waals surface area contributed by atoms with Crippen molar-refractivity contribution in [3.05, 3.63) is 23.8 Å². The fraction of sp³-hybridized carbons (Fsp3) is 0.429. The largest absolute Gasteiger partial charge is 0.484 e. The molecule has 0 fully saturated rings. The van der Waals surface area contributed by atoms with Crippen molar-refractivity contribution in [2.75, 3.05) is 13.2 Å². The Labute approximate surface area is 142 Å². The molecule has 0 spiro atoms. The van der Waals surface area contributed by atoms with Crippen LogP contribution >= 0.6 is 0 Å². The number of hydrogen-bond acceptors (Lipinski definition) is 4. The lowest BCUT2D eigenvalue weighted by molar-refractivity contribution is -0.154. The number of carbonyl (C=O) groups is 2. The molecule has 0 saturated carbocycles. The van der Waals surface area contributed by atoms with Gasteiger partial charge in [-0.2, -0.15) is 26.3 Å². The van der Waals surface area contributed by atoms with E-state index in [0.29, 0.717) is 0 Å². The highest BCUT2D eigenvalue weighted by Crippen LogP contribution is 2.28. The SMILES string of the molecule is CC(NC(=O)c1cc(OCC(F)(F)F)ccc1OCC(F)(F)F)C(=O)O. The minimum Gasteiger partial charge on any atom is -0.484 e. The second kappa shape index (κ2) is 8.15. The summed E-state index contributed by atoms with van der Waals surface area (Å²) in [6.07, 6.45) is -9.40. The van der Waals surface area contributed by atoms with E-state index in [-0.39, 0.29) is 0 Å². The first-order chi connectivity index (χ1) is 11.8. The summed E-state index contributed by atoms with van der Waals surface area (Å²) in [5.74, 6) is -3.65. The molecule has 1 aromatic carbocycles. The molecule has 1 unspecified atom stereocenters. The van der Waals surface area contributed by atoms with Crippen LogP contribution in [-0.4, -0.2) is 48.6 Å². The third kappa shape index (κ3) is 7.49. The van der Waals surface area contributed by atoms with Gasteiger partial charge in [0, 0.05) is 0 Å². The van der Waals surface area contributed by atoms with Crippen LogP contribution in [0.25, 0.3) is 0 Å². The lowest BCUT2D eigenvalue weighted by Gasteiger charge is -2.16. The summed E-state index contributed by atoms with van der Waals surface area (Å²) in [6.45, 7) is -2.37. The molecule has 0 bridgehead atoms. The normalized spacial score (nSPS) is 13.0. The van der Waals surface area contributed by atoms with Gasteiger partial charge in [0.1, 0.15) is 17.5 Å². The lowest BCUT2D eigenvalue weighted by Crippen LogP contribution is -2.38. The number of carboxylic acid groups (broad SMARTS) is 1. The van der Waals surface area contributed by atoms with Gasteiger partial charge in [0.15, 0.2) is 13.2 Å². The zero-order valence-corrected chi connectivity index (χ0v) is 13.1. The molecular weight excluding hydrogens is 376 g/mol. The lowest BCUT2D eigenvalue weighted by atomic mass is 10.1. The number of halogens is 6. The first kappa shape index (κ1) is 21.4. The van der Waals surface area contributed by atoms with Gasteiger partial charge in [-0.1, -0.05) is 0 Å². The van der Waals surface area contributed by atoms with Gasteiger partial charge < -0.3 is 19.9 Å². The Kier molecular flexibility index (Phi) is 6.70. The fourth-order valence-corrected chi connectivity index (χ4v) is 1.56. The Morgan fingerprint density at radius 3 is 2.12 bits per heavy atom. The number of rotatable bonds is 7. The molecule has 0 heterocycles. The van der Waals surface area contributed by atoms with Crippen LogP contribution in [-0.2, 0) is 4.79 Å². The second-order valence-corrected chi connectivity index (χ2v) is 5.00. The molecule has 12 heteroatoms. The van der Waals surface area contributed by atoms with Crippen LogP contribution in [0.2, 0.25) is 0 Å². The quantitative estimate of drug-likeness (QED) is 0.701. The van der Waals surface area contributed by atoms with Gasteiger partial charge >= 0.3 is 18.3 Å². The predicted molar refractivity (Wildman–Crippen MR) is 74.1 cm³/mol. The second-order valence-electron chi connectivity index (χ2n) is 5.00. The highest BCUT2D eigenvalue weighted by Gasteiger charge is 2.31. The zero-order valence-electron chi connectivity index (χ0n) is 13.1. The number of nitrogens with one attached hydrogen (secondary N) is 1. The molecule has 1 rings (SSSR count). The maximum Gasteiger partial charge on any atom is 0.422 e. The van der Waals surface area contributed by atoms with Crippen LogP contribution in [0, 0.1) is 0 Å². The molecule has 0 aromatic heterocycles. The van der Waals surface area contributed by atoms with Crippen LogP contribution in [0.5, 0.6) is 11.5 Å². The van der Waals surface area contributed by atoms with Gasteiger partial charge in [-0.3, -0.25) is 9.59 Å². The fourth-order valence-electron chi connectivity index (χ4n) is 1.56. The van der Waals surface area contributed by atoms with Gasteiger partial charge in [-0.25, -0.2) is 0 Å².